The quantitative estimate of drug-likeness (QED) is 0.324. The van der Waals surface area contributed by atoms with Crippen LogP contribution in [0.4, 0.5) is 0 Å². The summed E-state index contributed by atoms with van der Waals surface area (Å²) < 4.78 is 13.8. The lowest BCUT2D eigenvalue weighted by Crippen LogP contribution is -2.06. The molecule has 2 aromatic heterocycles. The summed E-state index contributed by atoms with van der Waals surface area (Å²) in [6, 6.07) is 18.5. The van der Waals surface area contributed by atoms with Crippen LogP contribution < -0.4 is 9.47 Å². The Kier molecular flexibility index (Phi) is 5.96. The number of benzene rings is 2. The fourth-order valence-electron chi connectivity index (χ4n) is 3.40. The van der Waals surface area contributed by atoms with Crippen molar-refractivity contribution in [2.75, 3.05) is 13.7 Å². The van der Waals surface area contributed by atoms with E-state index in [1.165, 1.54) is 4.88 Å². The van der Waals surface area contributed by atoms with Crippen LogP contribution in [0.2, 0.25) is 0 Å². The molecule has 4 aromatic rings. The van der Waals surface area contributed by atoms with Gasteiger partial charge in [0.1, 0.15) is 0 Å². The first-order valence-corrected chi connectivity index (χ1v) is 10.6. The lowest BCUT2D eigenvalue weighted by atomic mass is 10.2. The third-order valence-electron chi connectivity index (χ3n) is 4.73. The van der Waals surface area contributed by atoms with E-state index in [4.69, 9.17) is 14.5 Å². The third kappa shape index (κ3) is 4.20. The van der Waals surface area contributed by atoms with E-state index >= 15 is 0 Å². The number of allylic oxidation sites excluding steroid dienone is 1. The minimum absolute atomic E-state index is 0.607. The molecule has 0 aliphatic rings. The number of fused-ring (bicyclic) bond motifs is 1. The monoisotopic (exact) mass is 404 g/mol. The molecule has 0 atom stereocenters. The topological polar surface area (TPSA) is 36.3 Å². The van der Waals surface area contributed by atoms with Crippen LogP contribution in [0.25, 0.3) is 27.8 Å². The number of methoxy groups -OCH3 is 1. The molecule has 0 saturated carbocycles. The van der Waals surface area contributed by atoms with Gasteiger partial charge in [0, 0.05) is 6.54 Å². The van der Waals surface area contributed by atoms with Crippen LogP contribution in [0.3, 0.4) is 0 Å². The molecule has 0 bridgehead atoms. The minimum atomic E-state index is 0.607. The van der Waals surface area contributed by atoms with E-state index in [2.05, 4.69) is 40.3 Å². The van der Waals surface area contributed by atoms with E-state index in [1.807, 2.05) is 43.3 Å². The molecular weight excluding hydrogens is 380 g/mol. The Morgan fingerprint density at radius 1 is 1.07 bits per heavy atom. The van der Waals surface area contributed by atoms with Crippen LogP contribution >= 0.6 is 11.3 Å². The average Bonchev–Trinajstić information content (AvgIpc) is 3.40. The van der Waals surface area contributed by atoms with Crippen molar-refractivity contribution < 1.29 is 9.47 Å². The maximum Gasteiger partial charge on any atom is 0.161 e. The highest BCUT2D eigenvalue weighted by Crippen LogP contribution is 2.30. The Hall–Kier alpha value is -3.05. The molecule has 4 nitrogen and oxygen atoms in total. The molecule has 0 fully saturated rings. The lowest BCUT2D eigenvalue weighted by Gasteiger charge is -2.12. The van der Waals surface area contributed by atoms with Crippen molar-refractivity contribution in [2.24, 2.45) is 0 Å². The van der Waals surface area contributed by atoms with Gasteiger partial charge in [0.05, 0.1) is 29.6 Å². The highest BCUT2D eigenvalue weighted by molar-refractivity contribution is 7.13. The molecule has 0 unspecified atom stereocenters. The Balaban J connectivity index is 1.48. The molecule has 2 aromatic carbocycles. The molecule has 0 spiro atoms. The molecule has 0 aliphatic heterocycles. The first kappa shape index (κ1) is 19.3. The summed E-state index contributed by atoms with van der Waals surface area (Å²) in [7, 11) is 1.67. The highest BCUT2D eigenvalue weighted by Gasteiger charge is 2.13. The second kappa shape index (κ2) is 8.97. The van der Waals surface area contributed by atoms with Gasteiger partial charge in [-0.2, -0.15) is 0 Å². The summed E-state index contributed by atoms with van der Waals surface area (Å²) in [6.45, 7) is 3.45. The van der Waals surface area contributed by atoms with E-state index in [1.54, 1.807) is 18.4 Å². The predicted molar refractivity (Wildman–Crippen MR) is 121 cm³/mol. The van der Waals surface area contributed by atoms with Crippen LogP contribution in [0.15, 0.2) is 66.1 Å². The lowest BCUT2D eigenvalue weighted by molar-refractivity contribution is 0.283. The number of nitrogens with zero attached hydrogens (tertiary/aromatic N) is 2. The van der Waals surface area contributed by atoms with Crippen LogP contribution in [0.1, 0.15) is 18.9 Å². The first-order valence-electron chi connectivity index (χ1n) is 9.73. The van der Waals surface area contributed by atoms with Gasteiger partial charge in [-0.05, 0) is 54.6 Å². The summed E-state index contributed by atoms with van der Waals surface area (Å²) in [5, 5.41) is 2.09. The van der Waals surface area contributed by atoms with Gasteiger partial charge in [-0.25, -0.2) is 4.98 Å². The summed E-state index contributed by atoms with van der Waals surface area (Å²) in [6.07, 6.45) is 4.93. The zero-order valence-electron chi connectivity index (χ0n) is 16.7. The van der Waals surface area contributed by atoms with Gasteiger partial charge in [0.2, 0.25) is 0 Å². The number of aromatic nitrogens is 2. The molecule has 0 radical (unpaired) electrons. The normalized spacial score (nSPS) is 11.4. The van der Waals surface area contributed by atoms with Crippen molar-refractivity contribution in [3.63, 3.8) is 0 Å². The van der Waals surface area contributed by atoms with E-state index in [0.717, 1.165) is 46.9 Å². The Bertz CT molecular complexity index is 1110. The highest BCUT2D eigenvalue weighted by atomic mass is 32.1. The van der Waals surface area contributed by atoms with Gasteiger partial charge >= 0.3 is 0 Å². The van der Waals surface area contributed by atoms with Gasteiger partial charge < -0.3 is 14.0 Å². The number of ether oxygens (including phenoxy) is 2. The summed E-state index contributed by atoms with van der Waals surface area (Å²) in [5.74, 6) is 2.55. The Morgan fingerprint density at radius 3 is 2.76 bits per heavy atom. The van der Waals surface area contributed by atoms with E-state index in [0.29, 0.717) is 6.61 Å². The van der Waals surface area contributed by atoms with Crippen molar-refractivity contribution in [3.8, 4) is 22.2 Å². The van der Waals surface area contributed by atoms with Crippen LogP contribution in [-0.2, 0) is 6.54 Å². The van der Waals surface area contributed by atoms with Gasteiger partial charge in [0.25, 0.3) is 0 Å². The van der Waals surface area contributed by atoms with Crippen LogP contribution in [-0.4, -0.2) is 23.3 Å². The van der Waals surface area contributed by atoms with Crippen molar-refractivity contribution >= 4 is 28.4 Å². The van der Waals surface area contributed by atoms with Gasteiger partial charge in [0.15, 0.2) is 17.3 Å². The fourth-order valence-corrected chi connectivity index (χ4v) is 4.12. The summed E-state index contributed by atoms with van der Waals surface area (Å²) in [5.41, 5.74) is 3.28. The van der Waals surface area contributed by atoms with Crippen molar-refractivity contribution in [2.45, 2.75) is 19.9 Å². The molecule has 29 heavy (non-hydrogen) atoms. The van der Waals surface area contributed by atoms with Gasteiger partial charge in [-0.1, -0.05) is 36.4 Å². The molecule has 4 rings (SSSR count). The fraction of sp³-hybridized carbons (Fsp3) is 0.208. The molecule has 0 saturated heterocycles. The first-order chi connectivity index (χ1) is 14.3. The zero-order valence-corrected chi connectivity index (χ0v) is 17.5. The second-order valence-corrected chi connectivity index (χ2v) is 7.61. The number of hydrogen-bond donors (Lipinski definition) is 0. The maximum absolute atomic E-state index is 6.02. The van der Waals surface area contributed by atoms with Crippen LogP contribution in [0.5, 0.6) is 11.5 Å². The molecule has 0 N–H and O–H groups in total. The van der Waals surface area contributed by atoms with E-state index < -0.39 is 0 Å². The molecule has 0 amide bonds. The van der Waals surface area contributed by atoms with E-state index in [9.17, 15) is 0 Å². The molecular formula is C24H24N2O2S. The second-order valence-electron chi connectivity index (χ2n) is 6.67. The Labute approximate surface area is 175 Å². The van der Waals surface area contributed by atoms with Crippen LogP contribution in [0, 0.1) is 0 Å². The number of thiophene rings is 1. The number of imidazole rings is 1. The number of rotatable bonds is 8. The number of hydrogen-bond acceptors (Lipinski definition) is 4. The largest absolute Gasteiger partial charge is 0.493 e. The van der Waals surface area contributed by atoms with Crippen molar-refractivity contribution in [3.05, 3.63) is 71.6 Å². The summed E-state index contributed by atoms with van der Waals surface area (Å²) in [4.78, 5) is 6.04. The number of para-hydroxylation sites is 2. The maximum atomic E-state index is 6.02. The van der Waals surface area contributed by atoms with Crippen molar-refractivity contribution in [1.29, 1.82) is 0 Å². The standard InChI is InChI=1S/C24H24N2O2S/c1-3-8-18-12-13-21(22(17-18)27-2)28-15-7-14-26-20-10-5-4-9-19(20)25-24(26)23-11-6-16-29-23/h3-6,8-13,16-17H,7,14-15H2,1-2H3/b8-3+. The molecule has 5 heteroatoms. The average molecular weight is 405 g/mol. The van der Waals surface area contributed by atoms with Gasteiger partial charge in [-0.15, -0.1) is 11.3 Å². The SMILES string of the molecule is C/C=C/c1ccc(OCCCn2c(-c3cccs3)nc3ccccc32)c(OC)c1. The molecule has 148 valence electrons. The molecule has 0 aliphatic carbocycles. The zero-order chi connectivity index (χ0) is 20.1. The Morgan fingerprint density at radius 2 is 1.97 bits per heavy atom. The molecule has 2 heterocycles. The number of aryl methyl sites for hydroxylation is 1. The predicted octanol–water partition coefficient (Wildman–Crippen LogP) is 6.28. The van der Waals surface area contributed by atoms with Crippen molar-refractivity contribution in [1.82, 2.24) is 9.55 Å². The third-order valence-corrected chi connectivity index (χ3v) is 5.59. The smallest absolute Gasteiger partial charge is 0.161 e. The van der Waals surface area contributed by atoms with Gasteiger partial charge in [-0.3, -0.25) is 0 Å². The minimum Gasteiger partial charge on any atom is -0.493 e. The summed E-state index contributed by atoms with van der Waals surface area (Å²) >= 11 is 1.72. The van der Waals surface area contributed by atoms with E-state index in [-0.39, 0.29) is 0 Å².